The number of nitrogens with zero attached hydrogens (tertiary/aromatic N) is 1. The zero-order valence-corrected chi connectivity index (χ0v) is 15.2. The van der Waals surface area contributed by atoms with E-state index in [0.29, 0.717) is 5.69 Å². The molecule has 0 atom stereocenters. The summed E-state index contributed by atoms with van der Waals surface area (Å²) < 4.78 is 13.7. The second-order valence-corrected chi connectivity index (χ2v) is 6.90. The highest BCUT2D eigenvalue weighted by molar-refractivity contribution is 6.04. The van der Waals surface area contributed by atoms with Crippen LogP contribution in [-0.2, 0) is 11.2 Å². The Hall–Kier alpha value is -2.73. The fourth-order valence-corrected chi connectivity index (χ4v) is 3.33. The fraction of sp³-hybridized carbons (Fsp3) is 0.333. The summed E-state index contributed by atoms with van der Waals surface area (Å²) in [5.74, 6) is -1.17. The van der Waals surface area contributed by atoms with Crippen LogP contribution in [0.3, 0.4) is 0 Å². The van der Waals surface area contributed by atoms with Crippen LogP contribution in [0.5, 0.6) is 0 Å². The lowest BCUT2D eigenvalue weighted by atomic mass is 9.96. The molecule has 1 fully saturated rings. The van der Waals surface area contributed by atoms with Gasteiger partial charge in [0.15, 0.2) is 0 Å². The molecule has 0 saturated carbocycles. The number of anilines is 1. The van der Waals surface area contributed by atoms with Crippen LogP contribution in [0.15, 0.2) is 48.5 Å². The van der Waals surface area contributed by atoms with E-state index in [1.54, 1.807) is 12.1 Å². The molecule has 3 N–H and O–H groups in total. The van der Waals surface area contributed by atoms with Crippen molar-refractivity contribution in [1.29, 1.82) is 0 Å². The topological polar surface area (TPSA) is 75.4 Å². The molecule has 27 heavy (non-hydrogen) atoms. The van der Waals surface area contributed by atoms with E-state index in [4.69, 9.17) is 5.73 Å². The SMILES string of the molecule is NC(=O)C1CCN(CCc2ccc(NC(=O)c3ccccc3F)cc2)CC1. The van der Waals surface area contributed by atoms with E-state index in [2.05, 4.69) is 10.2 Å². The van der Waals surface area contributed by atoms with E-state index in [0.717, 1.165) is 44.5 Å². The zero-order chi connectivity index (χ0) is 19.2. The highest BCUT2D eigenvalue weighted by Crippen LogP contribution is 2.18. The number of likely N-dealkylation sites (tertiary alicyclic amines) is 1. The van der Waals surface area contributed by atoms with E-state index in [-0.39, 0.29) is 17.4 Å². The van der Waals surface area contributed by atoms with Gasteiger partial charge in [0, 0.05) is 18.2 Å². The molecule has 0 spiro atoms. The lowest BCUT2D eigenvalue weighted by Gasteiger charge is -2.30. The van der Waals surface area contributed by atoms with Gasteiger partial charge in [-0.2, -0.15) is 0 Å². The molecule has 0 aliphatic carbocycles. The maximum absolute atomic E-state index is 13.7. The lowest BCUT2D eigenvalue weighted by molar-refractivity contribution is -0.123. The lowest BCUT2D eigenvalue weighted by Crippen LogP contribution is -2.39. The summed E-state index contributed by atoms with van der Waals surface area (Å²) in [5.41, 5.74) is 7.19. The van der Waals surface area contributed by atoms with E-state index in [1.165, 1.54) is 12.1 Å². The molecule has 2 aromatic carbocycles. The fourth-order valence-electron chi connectivity index (χ4n) is 3.33. The average molecular weight is 369 g/mol. The van der Waals surface area contributed by atoms with Crippen LogP contribution in [-0.4, -0.2) is 36.3 Å². The maximum atomic E-state index is 13.7. The first-order valence-electron chi connectivity index (χ1n) is 9.19. The van der Waals surface area contributed by atoms with Crippen molar-refractivity contribution in [3.05, 3.63) is 65.5 Å². The van der Waals surface area contributed by atoms with Gasteiger partial charge in [0.1, 0.15) is 5.82 Å². The van der Waals surface area contributed by atoms with Crippen molar-refractivity contribution >= 4 is 17.5 Å². The Bertz CT molecular complexity index is 799. The first-order valence-corrected chi connectivity index (χ1v) is 9.19. The number of hydrogen-bond donors (Lipinski definition) is 2. The Balaban J connectivity index is 1.48. The summed E-state index contributed by atoms with van der Waals surface area (Å²) in [4.78, 5) is 25.7. The van der Waals surface area contributed by atoms with Gasteiger partial charge in [-0.1, -0.05) is 24.3 Å². The summed E-state index contributed by atoms with van der Waals surface area (Å²) in [6.45, 7) is 2.71. The standard InChI is InChI=1S/C21H24FN3O2/c22-19-4-2-1-3-18(19)21(27)24-17-7-5-15(6-8-17)9-12-25-13-10-16(11-14-25)20(23)26/h1-8,16H,9-14H2,(H2,23,26)(H,24,27). The third-order valence-corrected chi connectivity index (χ3v) is 5.04. The number of primary amides is 1. The van der Waals surface area contributed by atoms with Crippen LogP contribution >= 0.6 is 0 Å². The largest absolute Gasteiger partial charge is 0.369 e. The van der Waals surface area contributed by atoms with Crippen molar-refractivity contribution in [1.82, 2.24) is 4.90 Å². The average Bonchev–Trinajstić information content (AvgIpc) is 2.68. The minimum absolute atomic E-state index is 0.0126. The van der Waals surface area contributed by atoms with Gasteiger partial charge in [0.05, 0.1) is 5.56 Å². The van der Waals surface area contributed by atoms with Gasteiger partial charge < -0.3 is 16.0 Å². The number of benzene rings is 2. The summed E-state index contributed by atoms with van der Waals surface area (Å²) >= 11 is 0. The van der Waals surface area contributed by atoms with E-state index in [9.17, 15) is 14.0 Å². The van der Waals surface area contributed by atoms with Crippen LogP contribution in [0, 0.1) is 11.7 Å². The summed E-state index contributed by atoms with van der Waals surface area (Å²) in [7, 11) is 0. The van der Waals surface area contributed by atoms with Crippen LogP contribution < -0.4 is 11.1 Å². The van der Waals surface area contributed by atoms with Crippen molar-refractivity contribution in [2.24, 2.45) is 11.7 Å². The third kappa shape index (κ3) is 5.14. The van der Waals surface area contributed by atoms with Gasteiger partial charge in [0.25, 0.3) is 5.91 Å². The maximum Gasteiger partial charge on any atom is 0.258 e. The van der Waals surface area contributed by atoms with E-state index < -0.39 is 11.7 Å². The molecule has 1 heterocycles. The van der Waals surface area contributed by atoms with Gasteiger partial charge in [-0.05, 0) is 62.2 Å². The number of carbonyl (C=O) groups is 2. The van der Waals surface area contributed by atoms with Crippen molar-refractivity contribution in [3.63, 3.8) is 0 Å². The van der Waals surface area contributed by atoms with Crippen LogP contribution in [0.25, 0.3) is 0 Å². The molecule has 3 rings (SSSR count). The number of piperidine rings is 1. The Morgan fingerprint density at radius 3 is 2.37 bits per heavy atom. The summed E-state index contributed by atoms with van der Waals surface area (Å²) in [6, 6.07) is 13.5. The normalized spacial score (nSPS) is 15.4. The van der Waals surface area contributed by atoms with Crippen LogP contribution in [0.1, 0.15) is 28.8 Å². The van der Waals surface area contributed by atoms with Crippen molar-refractivity contribution in [2.75, 3.05) is 25.0 Å². The monoisotopic (exact) mass is 369 g/mol. The molecule has 1 aliphatic rings. The minimum atomic E-state index is -0.535. The quantitative estimate of drug-likeness (QED) is 0.822. The highest BCUT2D eigenvalue weighted by atomic mass is 19.1. The molecule has 6 heteroatoms. The molecule has 142 valence electrons. The highest BCUT2D eigenvalue weighted by Gasteiger charge is 2.22. The number of halogens is 1. The zero-order valence-electron chi connectivity index (χ0n) is 15.2. The molecule has 0 unspecified atom stereocenters. The summed E-state index contributed by atoms with van der Waals surface area (Å²) in [5, 5.41) is 2.71. The number of hydrogen-bond acceptors (Lipinski definition) is 3. The second kappa shape index (κ2) is 8.77. The Labute approximate surface area is 158 Å². The van der Waals surface area contributed by atoms with E-state index >= 15 is 0 Å². The van der Waals surface area contributed by atoms with Crippen molar-refractivity contribution in [3.8, 4) is 0 Å². The predicted molar refractivity (Wildman–Crippen MR) is 103 cm³/mol. The molecule has 0 bridgehead atoms. The van der Waals surface area contributed by atoms with Gasteiger partial charge in [0.2, 0.25) is 5.91 Å². The van der Waals surface area contributed by atoms with Gasteiger partial charge in [-0.3, -0.25) is 9.59 Å². The van der Waals surface area contributed by atoms with E-state index in [1.807, 2.05) is 24.3 Å². The first kappa shape index (κ1) is 19.0. The Morgan fingerprint density at radius 1 is 1.07 bits per heavy atom. The summed E-state index contributed by atoms with van der Waals surface area (Å²) in [6.07, 6.45) is 2.55. The van der Waals surface area contributed by atoms with Crippen LogP contribution in [0.2, 0.25) is 0 Å². The Kier molecular flexibility index (Phi) is 6.19. The molecule has 2 aromatic rings. The van der Waals surface area contributed by atoms with Crippen molar-refractivity contribution in [2.45, 2.75) is 19.3 Å². The number of carbonyl (C=O) groups excluding carboxylic acids is 2. The third-order valence-electron chi connectivity index (χ3n) is 5.04. The molecule has 1 aliphatic heterocycles. The smallest absolute Gasteiger partial charge is 0.258 e. The number of nitrogens with one attached hydrogen (secondary N) is 1. The number of nitrogens with two attached hydrogens (primary N) is 1. The molecule has 0 aromatic heterocycles. The Morgan fingerprint density at radius 2 is 1.74 bits per heavy atom. The first-order chi connectivity index (χ1) is 13.0. The van der Waals surface area contributed by atoms with Gasteiger partial charge in [-0.25, -0.2) is 4.39 Å². The van der Waals surface area contributed by atoms with Gasteiger partial charge >= 0.3 is 0 Å². The molecule has 2 amide bonds. The molecular formula is C21H24FN3O2. The predicted octanol–water partition coefficient (Wildman–Crippen LogP) is 2.82. The molecular weight excluding hydrogens is 345 g/mol. The molecule has 5 nitrogen and oxygen atoms in total. The molecule has 0 radical (unpaired) electrons. The van der Waals surface area contributed by atoms with Crippen LogP contribution in [0.4, 0.5) is 10.1 Å². The molecule has 1 saturated heterocycles. The number of rotatable bonds is 6. The van der Waals surface area contributed by atoms with Crippen molar-refractivity contribution < 1.29 is 14.0 Å². The minimum Gasteiger partial charge on any atom is -0.369 e. The second-order valence-electron chi connectivity index (χ2n) is 6.90. The number of amides is 2. The van der Waals surface area contributed by atoms with Gasteiger partial charge in [-0.15, -0.1) is 0 Å².